The average molecular weight is 423 g/mol. The summed E-state index contributed by atoms with van der Waals surface area (Å²) in [7, 11) is 3.85. The van der Waals surface area contributed by atoms with Gasteiger partial charge in [-0.3, -0.25) is 4.79 Å². The number of nitrogens with zero attached hydrogens (tertiary/aromatic N) is 1. The van der Waals surface area contributed by atoms with Gasteiger partial charge in [-0.05, 0) is 64.0 Å². The Kier molecular flexibility index (Phi) is 6.73. The number of hydrogen-bond donors (Lipinski definition) is 1. The van der Waals surface area contributed by atoms with Crippen LogP contribution in [0.1, 0.15) is 58.4 Å². The van der Waals surface area contributed by atoms with Crippen molar-refractivity contribution in [3.63, 3.8) is 0 Å². The number of alkyl carbamates (subject to hydrolysis) is 1. The Morgan fingerprint density at radius 2 is 1.74 bits per heavy atom. The predicted octanol–water partition coefficient (Wildman–Crippen LogP) is 5.25. The molecule has 0 unspecified atom stereocenters. The summed E-state index contributed by atoms with van der Waals surface area (Å²) in [6, 6.07) is 9.77. The standard InChI is InChI=1S/C26H34N2O3/c1-25(2,3)31-24(30)27-26(16-9-17-26)21-14-12-20(13-15-21)23(29)22(18-28(4)5)19-10-7-6-8-11-19/h6-8,10-12,14,18H,9,13,15-17H2,1-5H3,(H,27,30). The van der Waals surface area contributed by atoms with Gasteiger partial charge in [0.25, 0.3) is 0 Å². The van der Waals surface area contributed by atoms with Crippen LogP contribution in [0.5, 0.6) is 0 Å². The zero-order valence-corrected chi connectivity index (χ0v) is 19.3. The normalized spacial score (nSPS) is 18.3. The van der Waals surface area contributed by atoms with Crippen molar-refractivity contribution in [2.75, 3.05) is 14.1 Å². The van der Waals surface area contributed by atoms with Gasteiger partial charge in [-0.15, -0.1) is 0 Å². The van der Waals surface area contributed by atoms with Gasteiger partial charge in [0.15, 0.2) is 5.78 Å². The summed E-state index contributed by atoms with van der Waals surface area (Å²) >= 11 is 0. The molecule has 0 bridgehead atoms. The van der Waals surface area contributed by atoms with E-state index in [4.69, 9.17) is 4.74 Å². The van der Waals surface area contributed by atoms with E-state index >= 15 is 0 Å². The minimum absolute atomic E-state index is 0.0537. The third-order valence-electron chi connectivity index (χ3n) is 5.72. The molecule has 2 aliphatic rings. The average Bonchev–Trinajstić information content (AvgIpc) is 2.68. The lowest BCUT2D eigenvalue weighted by Crippen LogP contribution is -2.56. The zero-order valence-electron chi connectivity index (χ0n) is 19.3. The Hall–Kier alpha value is -2.82. The molecular formula is C26H34N2O3. The van der Waals surface area contributed by atoms with Crippen LogP contribution in [0.2, 0.25) is 0 Å². The molecule has 1 fully saturated rings. The Balaban J connectivity index is 1.80. The third-order valence-corrected chi connectivity index (χ3v) is 5.72. The van der Waals surface area contributed by atoms with E-state index in [2.05, 4.69) is 5.32 Å². The number of nitrogens with one attached hydrogen (secondary N) is 1. The molecule has 166 valence electrons. The number of amides is 1. The number of carbonyl (C=O) groups excluding carboxylic acids is 2. The maximum atomic E-state index is 13.3. The van der Waals surface area contributed by atoms with Crippen LogP contribution in [0.3, 0.4) is 0 Å². The lowest BCUT2D eigenvalue weighted by atomic mass is 9.68. The molecule has 3 rings (SSSR count). The van der Waals surface area contributed by atoms with Gasteiger partial charge in [-0.2, -0.15) is 0 Å². The van der Waals surface area contributed by atoms with Crippen LogP contribution in [-0.4, -0.2) is 42.0 Å². The number of allylic oxidation sites excluding steroid dienone is 4. The first kappa shape index (κ1) is 22.9. The van der Waals surface area contributed by atoms with Crippen molar-refractivity contribution in [2.24, 2.45) is 0 Å². The highest BCUT2D eigenvalue weighted by atomic mass is 16.6. The minimum atomic E-state index is -0.526. The lowest BCUT2D eigenvalue weighted by Gasteiger charge is -2.45. The van der Waals surface area contributed by atoms with Gasteiger partial charge >= 0.3 is 6.09 Å². The number of ether oxygens (including phenoxy) is 1. The molecule has 5 nitrogen and oxygen atoms in total. The lowest BCUT2D eigenvalue weighted by molar-refractivity contribution is -0.110. The van der Waals surface area contributed by atoms with E-state index in [0.717, 1.165) is 36.8 Å². The van der Waals surface area contributed by atoms with E-state index in [1.807, 2.05) is 88.5 Å². The van der Waals surface area contributed by atoms with Crippen molar-refractivity contribution in [3.8, 4) is 0 Å². The van der Waals surface area contributed by atoms with Crippen molar-refractivity contribution in [1.82, 2.24) is 10.2 Å². The Bertz CT molecular complexity index is 914. The molecule has 0 spiro atoms. The predicted molar refractivity (Wildman–Crippen MR) is 124 cm³/mol. The van der Waals surface area contributed by atoms with E-state index in [1.165, 1.54) is 5.57 Å². The van der Waals surface area contributed by atoms with E-state index in [0.29, 0.717) is 12.0 Å². The molecule has 31 heavy (non-hydrogen) atoms. The van der Waals surface area contributed by atoms with Crippen LogP contribution in [0.4, 0.5) is 4.79 Å². The monoisotopic (exact) mass is 422 g/mol. The third kappa shape index (κ3) is 5.66. The number of rotatable bonds is 6. The summed E-state index contributed by atoms with van der Waals surface area (Å²) in [6.45, 7) is 5.60. The van der Waals surface area contributed by atoms with Crippen LogP contribution >= 0.6 is 0 Å². The molecule has 5 heteroatoms. The Labute approximate surface area is 185 Å². The molecule has 2 aliphatic carbocycles. The maximum absolute atomic E-state index is 13.3. The van der Waals surface area contributed by atoms with E-state index in [9.17, 15) is 9.59 Å². The highest BCUT2D eigenvalue weighted by molar-refractivity contribution is 6.28. The van der Waals surface area contributed by atoms with Crippen molar-refractivity contribution in [2.45, 2.75) is 64.0 Å². The number of carbonyl (C=O) groups is 2. The zero-order chi connectivity index (χ0) is 22.6. The molecule has 0 aliphatic heterocycles. The van der Waals surface area contributed by atoms with E-state index in [-0.39, 0.29) is 17.4 Å². The fourth-order valence-electron chi connectivity index (χ4n) is 4.09. The van der Waals surface area contributed by atoms with Gasteiger partial charge in [0.1, 0.15) is 5.60 Å². The molecular weight excluding hydrogens is 388 g/mol. The summed E-state index contributed by atoms with van der Waals surface area (Å²) in [6.07, 6.45) is 9.80. The van der Waals surface area contributed by atoms with Gasteiger partial charge in [-0.1, -0.05) is 42.5 Å². The Morgan fingerprint density at radius 1 is 1.06 bits per heavy atom. The van der Waals surface area contributed by atoms with Gasteiger partial charge < -0.3 is 15.0 Å². The number of hydrogen-bond acceptors (Lipinski definition) is 4. The van der Waals surface area contributed by atoms with Crippen LogP contribution in [0.25, 0.3) is 5.57 Å². The summed E-state index contributed by atoms with van der Waals surface area (Å²) in [5.41, 5.74) is 2.72. The quantitative estimate of drug-likeness (QED) is 0.636. The fourth-order valence-corrected chi connectivity index (χ4v) is 4.09. The molecule has 1 saturated carbocycles. The van der Waals surface area contributed by atoms with Crippen molar-refractivity contribution >= 4 is 17.4 Å². The van der Waals surface area contributed by atoms with E-state index in [1.54, 1.807) is 0 Å². The van der Waals surface area contributed by atoms with E-state index < -0.39 is 5.60 Å². The second-order valence-electron chi connectivity index (χ2n) is 9.65. The molecule has 1 aromatic rings. The first-order valence-electron chi connectivity index (χ1n) is 11.0. The van der Waals surface area contributed by atoms with Gasteiger partial charge in [-0.25, -0.2) is 4.79 Å². The molecule has 0 heterocycles. The smallest absolute Gasteiger partial charge is 0.408 e. The van der Waals surface area contributed by atoms with Crippen molar-refractivity contribution in [1.29, 1.82) is 0 Å². The fraction of sp³-hybridized carbons (Fsp3) is 0.462. The second kappa shape index (κ2) is 9.13. The summed E-state index contributed by atoms with van der Waals surface area (Å²) in [5, 5.41) is 3.11. The SMILES string of the molecule is CN(C)C=C(C(=O)C1=CC=C(C2(NC(=O)OC(C)(C)C)CCC2)CC1)c1ccccc1. The molecule has 1 amide bonds. The van der Waals surface area contributed by atoms with Gasteiger partial charge in [0.2, 0.25) is 0 Å². The highest BCUT2D eigenvalue weighted by Crippen LogP contribution is 2.42. The maximum Gasteiger partial charge on any atom is 0.408 e. The first-order chi connectivity index (χ1) is 14.6. The van der Waals surface area contributed by atoms with Gasteiger partial charge in [0.05, 0.1) is 5.54 Å². The summed E-state index contributed by atoms with van der Waals surface area (Å²) in [4.78, 5) is 27.6. The van der Waals surface area contributed by atoms with Crippen LogP contribution < -0.4 is 5.32 Å². The molecule has 1 N–H and O–H groups in total. The van der Waals surface area contributed by atoms with Gasteiger partial charge in [0, 0.05) is 31.4 Å². The van der Waals surface area contributed by atoms with Crippen molar-refractivity contribution < 1.29 is 14.3 Å². The minimum Gasteiger partial charge on any atom is -0.444 e. The van der Waals surface area contributed by atoms with Crippen molar-refractivity contribution in [3.05, 3.63) is 65.4 Å². The number of Topliss-reactive ketones (excluding diaryl/α,β-unsaturated/α-hetero) is 1. The van der Waals surface area contributed by atoms with Crippen LogP contribution in [-0.2, 0) is 9.53 Å². The summed E-state index contributed by atoms with van der Waals surface area (Å²) in [5.74, 6) is 0.0537. The summed E-state index contributed by atoms with van der Waals surface area (Å²) < 4.78 is 5.48. The Morgan fingerprint density at radius 3 is 2.23 bits per heavy atom. The molecule has 0 saturated heterocycles. The molecule has 1 aromatic carbocycles. The topological polar surface area (TPSA) is 58.6 Å². The molecule has 0 atom stereocenters. The number of ketones is 1. The van der Waals surface area contributed by atoms with Crippen LogP contribution in [0.15, 0.2) is 59.8 Å². The molecule has 0 radical (unpaired) electrons. The second-order valence-corrected chi connectivity index (χ2v) is 9.65. The molecule has 0 aromatic heterocycles. The van der Waals surface area contributed by atoms with Crippen LogP contribution in [0, 0.1) is 0 Å². The number of benzene rings is 1. The first-order valence-corrected chi connectivity index (χ1v) is 11.0. The highest BCUT2D eigenvalue weighted by Gasteiger charge is 2.43. The largest absolute Gasteiger partial charge is 0.444 e.